The Morgan fingerprint density at radius 2 is 1.88 bits per heavy atom. The number of aromatic nitrogens is 4. The van der Waals surface area contributed by atoms with Gasteiger partial charge in [-0.2, -0.15) is 0 Å². The number of nitrogens with two attached hydrogens (primary N) is 1. The van der Waals surface area contributed by atoms with Crippen molar-refractivity contribution in [2.75, 3.05) is 33.3 Å². The zero-order valence-electron chi connectivity index (χ0n) is 24.5. The number of carbonyl (C=O) groups is 1. The number of amides is 1. The molecule has 3 heterocycles. The van der Waals surface area contributed by atoms with Gasteiger partial charge in [-0.05, 0) is 66.9 Å². The Bertz CT molecular complexity index is 1860. The maximum absolute atomic E-state index is 13.8. The summed E-state index contributed by atoms with van der Waals surface area (Å²) in [5.41, 5.74) is 9.53. The van der Waals surface area contributed by atoms with Crippen molar-refractivity contribution in [1.82, 2.24) is 19.5 Å². The molecule has 0 spiro atoms. The van der Waals surface area contributed by atoms with Crippen LogP contribution in [0.2, 0.25) is 0 Å². The minimum Gasteiger partial charge on any atom is -0.493 e. The van der Waals surface area contributed by atoms with E-state index in [1.54, 1.807) is 48.8 Å². The Hall–Kier alpha value is -4.41. The highest BCUT2D eigenvalue weighted by atomic mass is 19.1. The molecule has 0 bridgehead atoms. The predicted molar refractivity (Wildman–Crippen MR) is 164 cm³/mol. The molecule has 1 amide bonds. The van der Waals surface area contributed by atoms with E-state index < -0.39 is 0 Å². The molecule has 43 heavy (non-hydrogen) atoms. The van der Waals surface area contributed by atoms with E-state index in [1.165, 1.54) is 12.1 Å². The molecule has 0 atom stereocenters. The largest absolute Gasteiger partial charge is 0.493 e. The molecule has 2 aromatic heterocycles. The number of quaternary nitrogens is 1. The van der Waals surface area contributed by atoms with Crippen LogP contribution in [-0.2, 0) is 6.54 Å². The highest BCUT2D eigenvalue weighted by molar-refractivity contribution is 5.94. The highest BCUT2D eigenvalue weighted by Crippen LogP contribution is 2.32. The number of nitrogens with zero attached hydrogens (tertiary/aromatic N) is 4. The van der Waals surface area contributed by atoms with Crippen molar-refractivity contribution >= 4 is 27.8 Å². The van der Waals surface area contributed by atoms with Crippen LogP contribution in [0.25, 0.3) is 33.3 Å². The molecular weight excluding hydrogens is 547 g/mol. The summed E-state index contributed by atoms with van der Waals surface area (Å²) in [7, 11) is 1.98. The summed E-state index contributed by atoms with van der Waals surface area (Å²) in [6.07, 6.45) is 4.33. The zero-order valence-corrected chi connectivity index (χ0v) is 24.5. The number of aromatic amines is 1. The fraction of sp³-hybridized carbons (Fsp3) is 0.333. The first kappa shape index (κ1) is 28.7. The van der Waals surface area contributed by atoms with Gasteiger partial charge in [-0.25, -0.2) is 19.2 Å². The molecule has 6 rings (SSSR count). The van der Waals surface area contributed by atoms with Crippen LogP contribution in [0.4, 0.5) is 4.39 Å². The van der Waals surface area contributed by atoms with E-state index in [4.69, 9.17) is 15.5 Å². The fourth-order valence-corrected chi connectivity index (χ4v) is 5.86. The van der Waals surface area contributed by atoms with Crippen molar-refractivity contribution in [1.29, 1.82) is 0 Å². The van der Waals surface area contributed by atoms with Crippen molar-refractivity contribution in [3.8, 4) is 17.1 Å². The molecule has 5 aromatic rings. The van der Waals surface area contributed by atoms with Gasteiger partial charge in [-0.1, -0.05) is 19.1 Å². The Kier molecular flexibility index (Phi) is 7.81. The molecule has 0 saturated carbocycles. The van der Waals surface area contributed by atoms with Crippen LogP contribution in [0.15, 0.2) is 65.7 Å². The lowest BCUT2D eigenvalue weighted by Crippen LogP contribution is -2.54. The summed E-state index contributed by atoms with van der Waals surface area (Å²) >= 11 is 0. The number of hydrogen-bond donors (Lipinski definition) is 2. The number of benzene rings is 3. The molecule has 1 saturated heterocycles. The molecule has 1 aliphatic rings. The number of likely N-dealkylation sites (tertiary alicyclic amines) is 1. The summed E-state index contributed by atoms with van der Waals surface area (Å²) < 4.78 is 21.6. The van der Waals surface area contributed by atoms with Crippen LogP contribution in [0.5, 0.6) is 5.75 Å². The summed E-state index contributed by atoms with van der Waals surface area (Å²) in [5, 5.41) is 0.418. The number of rotatable bonds is 8. The number of halogens is 1. The monoisotopic (exact) mass is 583 g/mol. The highest BCUT2D eigenvalue weighted by Gasteiger charge is 2.37. The first-order chi connectivity index (χ1) is 20.8. The van der Waals surface area contributed by atoms with E-state index in [1.807, 2.05) is 18.5 Å². The average molecular weight is 584 g/mol. The van der Waals surface area contributed by atoms with Gasteiger partial charge in [0.25, 0.3) is 5.56 Å². The number of fused-ring (bicyclic) bond motifs is 2. The fourth-order valence-electron chi connectivity index (χ4n) is 5.86. The van der Waals surface area contributed by atoms with E-state index in [0.29, 0.717) is 69.2 Å². The van der Waals surface area contributed by atoms with E-state index >= 15 is 0 Å². The molecule has 9 nitrogen and oxygen atoms in total. The van der Waals surface area contributed by atoms with Gasteiger partial charge >= 0.3 is 5.91 Å². The maximum Gasteiger partial charge on any atom is 0.345 e. The van der Waals surface area contributed by atoms with E-state index in [2.05, 4.69) is 9.97 Å². The van der Waals surface area contributed by atoms with Crippen LogP contribution < -0.4 is 16.0 Å². The Labute approximate surface area is 248 Å². The number of nitrogens with one attached hydrogen (secondary N) is 1. The van der Waals surface area contributed by atoms with E-state index in [0.717, 1.165) is 43.4 Å². The van der Waals surface area contributed by atoms with Crippen molar-refractivity contribution in [3.05, 3.63) is 88.2 Å². The smallest absolute Gasteiger partial charge is 0.345 e. The van der Waals surface area contributed by atoms with Gasteiger partial charge in [0.05, 0.1) is 66.1 Å². The van der Waals surface area contributed by atoms with Crippen LogP contribution in [0.3, 0.4) is 0 Å². The quantitative estimate of drug-likeness (QED) is 0.252. The van der Waals surface area contributed by atoms with Crippen molar-refractivity contribution in [2.45, 2.75) is 32.7 Å². The SMILES string of the molecule is CCCOc1ccc(C(=O)[N+]2(C)CCC(CN)CC2)cc1-c1nc2cc3ncn(Cc4ccc(F)cc4)c3cc2c(=O)[nH]1. The molecule has 222 valence electrons. The lowest BCUT2D eigenvalue weighted by Gasteiger charge is -2.38. The Morgan fingerprint density at radius 3 is 2.60 bits per heavy atom. The second-order valence-corrected chi connectivity index (χ2v) is 11.7. The number of piperidine rings is 1. The van der Waals surface area contributed by atoms with Crippen LogP contribution in [0, 0.1) is 11.7 Å². The molecule has 0 unspecified atom stereocenters. The summed E-state index contributed by atoms with van der Waals surface area (Å²) in [5.74, 6) is 1.06. The molecule has 0 radical (unpaired) electrons. The van der Waals surface area contributed by atoms with Crippen LogP contribution >= 0.6 is 0 Å². The molecule has 0 aliphatic carbocycles. The lowest BCUT2D eigenvalue weighted by molar-refractivity contribution is -0.835. The third-order valence-electron chi connectivity index (χ3n) is 8.54. The van der Waals surface area contributed by atoms with Gasteiger partial charge < -0.3 is 20.0 Å². The number of carbonyl (C=O) groups excluding carboxylic acids is 1. The summed E-state index contributed by atoms with van der Waals surface area (Å²) in [6.45, 7) is 5.10. The van der Waals surface area contributed by atoms with Crippen LogP contribution in [-0.4, -0.2) is 63.2 Å². The zero-order chi connectivity index (χ0) is 30.1. The number of H-pyrrole nitrogens is 1. The van der Waals surface area contributed by atoms with Crippen molar-refractivity contribution in [3.63, 3.8) is 0 Å². The third-order valence-corrected chi connectivity index (χ3v) is 8.54. The normalized spacial score (nSPS) is 18.7. The minimum absolute atomic E-state index is 0.0234. The molecule has 10 heteroatoms. The standard InChI is InChI=1S/C33H35FN6O3/c1-3-14-43-30-9-6-23(33(42)40(2)12-10-21(18-35)11-13-40)15-26(30)31-37-27-17-28-29(16-25(27)32(41)38-31)39(20-36-28)19-22-4-7-24(34)8-5-22/h4-9,15-17,20-21H,3,10-14,18-19,35H2,1-2H3/p+1. The first-order valence-electron chi connectivity index (χ1n) is 14.8. The van der Waals surface area contributed by atoms with Crippen molar-refractivity contribution < 1.29 is 18.4 Å². The number of imidazole rings is 1. The van der Waals surface area contributed by atoms with Gasteiger partial charge in [0.1, 0.15) is 17.4 Å². The summed E-state index contributed by atoms with van der Waals surface area (Å²) in [6, 6.07) is 15.2. The summed E-state index contributed by atoms with van der Waals surface area (Å²) in [4.78, 5) is 39.5. The molecule has 3 aromatic carbocycles. The minimum atomic E-state index is -0.308. The first-order valence-corrected chi connectivity index (χ1v) is 14.8. The number of hydrogen-bond acceptors (Lipinski definition) is 6. The topological polar surface area (TPSA) is 116 Å². The van der Waals surface area contributed by atoms with Crippen molar-refractivity contribution in [2.24, 2.45) is 11.7 Å². The Balaban J connectivity index is 1.38. The maximum atomic E-state index is 13.8. The van der Waals surface area contributed by atoms with Gasteiger partial charge in [0, 0.05) is 19.4 Å². The third kappa shape index (κ3) is 5.68. The molecule has 1 aliphatic heterocycles. The number of ether oxygens (including phenoxy) is 1. The predicted octanol–water partition coefficient (Wildman–Crippen LogP) is 4.87. The van der Waals surface area contributed by atoms with E-state index in [9.17, 15) is 14.0 Å². The second kappa shape index (κ2) is 11.7. The van der Waals surface area contributed by atoms with E-state index in [-0.39, 0.29) is 17.3 Å². The Morgan fingerprint density at radius 1 is 1.12 bits per heavy atom. The molecule has 3 N–H and O–H groups in total. The van der Waals surface area contributed by atoms with Crippen LogP contribution in [0.1, 0.15) is 42.1 Å². The van der Waals surface area contributed by atoms with Gasteiger partial charge in [0.2, 0.25) is 0 Å². The second-order valence-electron chi connectivity index (χ2n) is 11.7. The average Bonchev–Trinajstić information content (AvgIpc) is 3.41. The lowest BCUT2D eigenvalue weighted by atomic mass is 9.94. The molecular formula is C33H36FN6O3+. The molecule has 1 fully saturated rings. The van der Waals surface area contributed by atoms with Gasteiger partial charge in [-0.3, -0.25) is 9.28 Å². The van der Waals surface area contributed by atoms with Gasteiger partial charge in [-0.15, -0.1) is 0 Å². The van der Waals surface area contributed by atoms with Gasteiger partial charge in [0.15, 0.2) is 0 Å².